The third kappa shape index (κ3) is 3.68. The molecule has 0 spiro atoms. The quantitative estimate of drug-likeness (QED) is 0.725. The highest BCUT2D eigenvalue weighted by Gasteiger charge is 2.20. The Kier molecular flexibility index (Phi) is 5.35. The molecule has 0 saturated heterocycles. The van der Waals surface area contributed by atoms with Crippen LogP contribution < -0.4 is 5.32 Å². The smallest absolute Gasteiger partial charge is 0.123 e. The van der Waals surface area contributed by atoms with Crippen LogP contribution in [0, 0.1) is 11.7 Å². The van der Waals surface area contributed by atoms with Crippen LogP contribution in [0.25, 0.3) is 0 Å². The molecule has 0 fully saturated rings. The lowest BCUT2D eigenvalue weighted by molar-refractivity contribution is 0.376. The molecule has 2 unspecified atom stereocenters. The number of nitrogens with one attached hydrogen (secondary N) is 1. The Morgan fingerprint density at radius 1 is 1.10 bits per heavy atom. The van der Waals surface area contributed by atoms with Gasteiger partial charge >= 0.3 is 0 Å². The fourth-order valence-electron chi connectivity index (χ4n) is 2.30. The predicted molar refractivity (Wildman–Crippen MR) is 87.5 cm³/mol. The van der Waals surface area contributed by atoms with Crippen molar-refractivity contribution in [1.82, 2.24) is 5.32 Å². The van der Waals surface area contributed by atoms with Crippen molar-refractivity contribution >= 4 is 27.3 Å². The van der Waals surface area contributed by atoms with Gasteiger partial charge < -0.3 is 5.32 Å². The molecule has 0 bridgehead atoms. The van der Waals surface area contributed by atoms with E-state index in [1.165, 1.54) is 17.0 Å². The third-order valence-corrected chi connectivity index (χ3v) is 5.42. The number of benzene rings is 1. The maximum atomic E-state index is 13.1. The largest absolute Gasteiger partial charge is 0.302 e. The van der Waals surface area contributed by atoms with Crippen LogP contribution in [0.4, 0.5) is 4.39 Å². The second-order valence-corrected chi connectivity index (χ2v) is 7.10. The molecular formula is C16H19BrFNS. The summed E-state index contributed by atoms with van der Waals surface area (Å²) in [4.78, 5) is 1.29. The lowest BCUT2D eigenvalue weighted by Crippen LogP contribution is -2.28. The first-order chi connectivity index (χ1) is 9.49. The van der Waals surface area contributed by atoms with Gasteiger partial charge in [-0.25, -0.2) is 4.39 Å². The molecule has 2 atom stereocenters. The van der Waals surface area contributed by atoms with Gasteiger partial charge in [0.15, 0.2) is 0 Å². The van der Waals surface area contributed by atoms with Gasteiger partial charge in [-0.15, -0.1) is 11.3 Å². The average molecular weight is 356 g/mol. The summed E-state index contributed by atoms with van der Waals surface area (Å²) in [7, 11) is 0. The molecule has 1 N–H and O–H groups in total. The van der Waals surface area contributed by atoms with Crippen molar-refractivity contribution in [3.8, 4) is 0 Å². The molecule has 1 heterocycles. The monoisotopic (exact) mass is 355 g/mol. The zero-order valence-electron chi connectivity index (χ0n) is 11.9. The van der Waals surface area contributed by atoms with Crippen LogP contribution in [0.2, 0.25) is 0 Å². The maximum Gasteiger partial charge on any atom is 0.123 e. The minimum absolute atomic E-state index is 0.190. The van der Waals surface area contributed by atoms with E-state index >= 15 is 0 Å². The van der Waals surface area contributed by atoms with E-state index in [4.69, 9.17) is 0 Å². The first-order valence-electron chi connectivity index (χ1n) is 6.73. The second-order valence-electron chi connectivity index (χ2n) is 5.29. The first kappa shape index (κ1) is 15.7. The molecule has 1 aromatic carbocycles. The Morgan fingerprint density at radius 3 is 2.25 bits per heavy atom. The topological polar surface area (TPSA) is 12.0 Å². The van der Waals surface area contributed by atoms with Crippen LogP contribution >= 0.6 is 27.3 Å². The zero-order chi connectivity index (χ0) is 14.7. The highest BCUT2D eigenvalue weighted by molar-refractivity contribution is 9.10. The molecule has 2 rings (SSSR count). The van der Waals surface area contributed by atoms with E-state index in [2.05, 4.69) is 53.5 Å². The van der Waals surface area contributed by atoms with Gasteiger partial charge in [0, 0.05) is 21.4 Å². The van der Waals surface area contributed by atoms with Gasteiger partial charge in [-0.05, 0) is 57.9 Å². The summed E-state index contributed by atoms with van der Waals surface area (Å²) in [6.45, 7) is 6.52. The molecule has 20 heavy (non-hydrogen) atoms. The lowest BCUT2D eigenvalue weighted by atomic mass is 9.95. The molecular weight excluding hydrogens is 337 g/mol. The molecule has 0 aliphatic carbocycles. The molecule has 2 aromatic rings. The van der Waals surface area contributed by atoms with Gasteiger partial charge in [-0.2, -0.15) is 0 Å². The minimum Gasteiger partial charge on any atom is -0.302 e. The van der Waals surface area contributed by atoms with E-state index < -0.39 is 0 Å². The summed E-state index contributed by atoms with van der Waals surface area (Å²) in [6.07, 6.45) is 0. The van der Waals surface area contributed by atoms with Gasteiger partial charge in [0.25, 0.3) is 0 Å². The Bertz CT molecular complexity index is 550. The maximum absolute atomic E-state index is 13.1. The number of rotatable bonds is 5. The van der Waals surface area contributed by atoms with Crippen molar-refractivity contribution in [2.24, 2.45) is 5.92 Å². The minimum atomic E-state index is -0.190. The molecule has 108 valence electrons. The molecule has 0 amide bonds. The summed E-state index contributed by atoms with van der Waals surface area (Å²) in [5.41, 5.74) is 1.13. The zero-order valence-corrected chi connectivity index (χ0v) is 14.3. The van der Waals surface area contributed by atoms with Gasteiger partial charge in [0.1, 0.15) is 5.82 Å². The molecule has 0 aliphatic rings. The summed E-state index contributed by atoms with van der Waals surface area (Å²) < 4.78 is 14.2. The predicted octanol–water partition coefficient (Wildman–Crippen LogP) is 5.70. The van der Waals surface area contributed by atoms with Crippen molar-refractivity contribution in [2.75, 3.05) is 0 Å². The average Bonchev–Trinajstić information content (AvgIpc) is 2.83. The summed E-state index contributed by atoms with van der Waals surface area (Å²) in [5.74, 6) is 0.243. The first-order valence-corrected chi connectivity index (χ1v) is 8.40. The van der Waals surface area contributed by atoms with E-state index in [-0.39, 0.29) is 17.9 Å². The van der Waals surface area contributed by atoms with Crippen LogP contribution in [0.5, 0.6) is 0 Å². The molecule has 0 aliphatic heterocycles. The lowest BCUT2D eigenvalue weighted by Gasteiger charge is -2.27. The van der Waals surface area contributed by atoms with Gasteiger partial charge in [-0.1, -0.05) is 26.0 Å². The molecule has 0 saturated carbocycles. The van der Waals surface area contributed by atoms with E-state index in [9.17, 15) is 4.39 Å². The summed E-state index contributed by atoms with van der Waals surface area (Å²) in [6, 6.07) is 9.31. The standard InChI is InChI=1S/C16H19BrFNS/c1-10(2)15(12-4-6-13(18)7-5-12)19-11(3)16-14(17)8-9-20-16/h4-11,15,19H,1-3H3. The fraction of sp³-hybridized carbons (Fsp3) is 0.375. The van der Waals surface area contributed by atoms with E-state index in [1.807, 2.05) is 12.1 Å². The normalized spacial score (nSPS) is 14.5. The number of halogens is 2. The summed E-state index contributed by atoms with van der Waals surface area (Å²) in [5, 5.41) is 5.74. The Balaban J connectivity index is 2.18. The van der Waals surface area contributed by atoms with Crippen molar-refractivity contribution in [1.29, 1.82) is 0 Å². The van der Waals surface area contributed by atoms with E-state index in [1.54, 1.807) is 11.3 Å². The number of thiophene rings is 1. The number of hydrogen-bond donors (Lipinski definition) is 1. The number of hydrogen-bond acceptors (Lipinski definition) is 2. The van der Waals surface area contributed by atoms with Gasteiger partial charge in [-0.3, -0.25) is 0 Å². The Labute approximate surface area is 132 Å². The molecule has 0 radical (unpaired) electrons. The fourth-order valence-corrected chi connectivity index (χ4v) is 4.04. The van der Waals surface area contributed by atoms with Crippen molar-refractivity contribution in [2.45, 2.75) is 32.9 Å². The Hall–Kier alpha value is -0.710. The van der Waals surface area contributed by atoms with Gasteiger partial charge in [0.2, 0.25) is 0 Å². The van der Waals surface area contributed by atoms with Crippen molar-refractivity contribution < 1.29 is 4.39 Å². The molecule has 1 aromatic heterocycles. The van der Waals surface area contributed by atoms with Crippen molar-refractivity contribution in [3.63, 3.8) is 0 Å². The Morgan fingerprint density at radius 2 is 1.75 bits per heavy atom. The highest BCUT2D eigenvalue weighted by atomic mass is 79.9. The molecule has 4 heteroatoms. The van der Waals surface area contributed by atoms with Crippen LogP contribution in [-0.4, -0.2) is 0 Å². The highest BCUT2D eigenvalue weighted by Crippen LogP contribution is 2.32. The SMILES string of the molecule is CC(NC(c1ccc(F)cc1)C(C)C)c1sccc1Br. The van der Waals surface area contributed by atoms with Crippen LogP contribution in [0.15, 0.2) is 40.2 Å². The third-order valence-electron chi connectivity index (χ3n) is 3.36. The van der Waals surface area contributed by atoms with Crippen LogP contribution in [0.1, 0.15) is 43.3 Å². The molecule has 1 nitrogen and oxygen atoms in total. The van der Waals surface area contributed by atoms with Gasteiger partial charge in [0.05, 0.1) is 0 Å². The van der Waals surface area contributed by atoms with Crippen LogP contribution in [-0.2, 0) is 0 Å². The van der Waals surface area contributed by atoms with Crippen molar-refractivity contribution in [3.05, 3.63) is 56.4 Å². The van der Waals surface area contributed by atoms with Crippen LogP contribution in [0.3, 0.4) is 0 Å². The van der Waals surface area contributed by atoms with E-state index in [0.29, 0.717) is 5.92 Å². The van der Waals surface area contributed by atoms with E-state index in [0.717, 1.165) is 10.0 Å². The summed E-state index contributed by atoms with van der Waals surface area (Å²) >= 11 is 5.32. The second kappa shape index (κ2) is 6.83.